The Hall–Kier alpha value is -2.77. The summed E-state index contributed by atoms with van der Waals surface area (Å²) in [7, 11) is 0. The molecule has 26 heavy (non-hydrogen) atoms. The van der Waals surface area contributed by atoms with Gasteiger partial charge in [-0.25, -0.2) is 4.98 Å². The molecule has 3 atom stereocenters. The van der Waals surface area contributed by atoms with E-state index in [0.717, 1.165) is 25.8 Å². The van der Waals surface area contributed by atoms with Crippen LogP contribution in [0.3, 0.4) is 0 Å². The number of aromatic nitrogens is 3. The summed E-state index contributed by atoms with van der Waals surface area (Å²) in [6.45, 7) is 1.41. The van der Waals surface area contributed by atoms with Crippen LogP contribution in [0, 0.1) is 11.8 Å². The van der Waals surface area contributed by atoms with Crippen molar-refractivity contribution in [2.24, 2.45) is 11.8 Å². The smallest absolute Gasteiger partial charge is 0.272 e. The number of oxazole rings is 1. The van der Waals surface area contributed by atoms with Crippen LogP contribution in [-0.2, 0) is 11.2 Å². The average molecular weight is 355 g/mol. The summed E-state index contributed by atoms with van der Waals surface area (Å²) in [6, 6.07) is 3.42. The van der Waals surface area contributed by atoms with Gasteiger partial charge in [0.05, 0.1) is 12.6 Å². The molecule has 0 aromatic carbocycles. The number of nitrogens with zero attached hydrogens (tertiary/aromatic N) is 4. The number of amides is 2. The molecule has 8 nitrogen and oxygen atoms in total. The lowest BCUT2D eigenvalue weighted by molar-refractivity contribution is -0.129. The molecule has 1 saturated heterocycles. The highest BCUT2D eigenvalue weighted by Gasteiger charge is 2.42. The van der Waals surface area contributed by atoms with Crippen molar-refractivity contribution in [3.63, 3.8) is 0 Å². The van der Waals surface area contributed by atoms with Crippen molar-refractivity contribution < 1.29 is 14.0 Å². The van der Waals surface area contributed by atoms with E-state index in [1.54, 1.807) is 24.5 Å². The first-order valence-electron chi connectivity index (χ1n) is 8.94. The Morgan fingerprint density at radius 3 is 3.00 bits per heavy atom. The lowest BCUT2D eigenvalue weighted by Gasteiger charge is -2.33. The number of carbonyl (C=O) groups excluding carboxylic acids is 2. The van der Waals surface area contributed by atoms with Gasteiger partial charge in [-0.1, -0.05) is 6.42 Å². The summed E-state index contributed by atoms with van der Waals surface area (Å²) in [5.41, 5.74) is 0.325. The van der Waals surface area contributed by atoms with Gasteiger partial charge in [0.15, 0.2) is 12.1 Å². The monoisotopic (exact) mass is 355 g/mol. The van der Waals surface area contributed by atoms with Crippen molar-refractivity contribution >= 4 is 11.8 Å². The molecule has 0 spiro atoms. The molecule has 2 amide bonds. The Morgan fingerprint density at radius 1 is 1.31 bits per heavy atom. The molecule has 2 aliphatic rings. The summed E-state index contributed by atoms with van der Waals surface area (Å²) >= 11 is 0. The molecule has 1 saturated carbocycles. The standard InChI is InChI=1S/C18H21N5O3/c24-17(7-13-8-19-11-26-13)23-9-12-3-1-4-15(14(12)10-23)21-18(25)16-5-2-6-20-22-16/h2,5-6,8,11-12,14-15H,1,3-4,7,9-10H2,(H,21,25). The number of carbonyl (C=O) groups is 2. The van der Waals surface area contributed by atoms with Crippen LogP contribution in [-0.4, -0.2) is 51.0 Å². The lowest BCUT2D eigenvalue weighted by atomic mass is 9.78. The highest BCUT2D eigenvalue weighted by molar-refractivity contribution is 5.92. The summed E-state index contributed by atoms with van der Waals surface area (Å²) < 4.78 is 5.18. The van der Waals surface area contributed by atoms with E-state index in [4.69, 9.17) is 4.42 Å². The van der Waals surface area contributed by atoms with E-state index >= 15 is 0 Å². The average Bonchev–Trinajstić information content (AvgIpc) is 3.32. The minimum Gasteiger partial charge on any atom is -0.448 e. The summed E-state index contributed by atoms with van der Waals surface area (Å²) in [5.74, 6) is 1.14. The number of likely N-dealkylation sites (tertiary alicyclic amines) is 1. The van der Waals surface area contributed by atoms with Gasteiger partial charge in [-0.15, -0.1) is 5.10 Å². The second kappa shape index (κ2) is 7.23. The zero-order valence-corrected chi connectivity index (χ0v) is 14.4. The molecule has 2 aromatic rings. The number of fused-ring (bicyclic) bond motifs is 1. The SMILES string of the molecule is O=C(NC1CCCC2CN(C(=O)Cc3cnco3)CC21)c1cccnn1. The van der Waals surface area contributed by atoms with Crippen LogP contribution in [0.5, 0.6) is 0 Å². The molecule has 1 aliphatic carbocycles. The highest BCUT2D eigenvalue weighted by atomic mass is 16.3. The largest absolute Gasteiger partial charge is 0.448 e. The molecule has 8 heteroatoms. The van der Waals surface area contributed by atoms with Crippen molar-refractivity contribution in [2.75, 3.05) is 13.1 Å². The van der Waals surface area contributed by atoms with E-state index in [2.05, 4.69) is 20.5 Å². The molecule has 0 bridgehead atoms. The van der Waals surface area contributed by atoms with Crippen LogP contribution in [0.15, 0.2) is 35.3 Å². The Balaban J connectivity index is 1.40. The molecule has 1 aliphatic heterocycles. The van der Waals surface area contributed by atoms with E-state index in [0.29, 0.717) is 23.9 Å². The minimum absolute atomic E-state index is 0.0511. The second-order valence-corrected chi connectivity index (χ2v) is 6.99. The zero-order chi connectivity index (χ0) is 17.9. The van der Waals surface area contributed by atoms with Crippen LogP contribution >= 0.6 is 0 Å². The number of hydrogen-bond donors (Lipinski definition) is 1. The fourth-order valence-electron chi connectivity index (χ4n) is 4.11. The van der Waals surface area contributed by atoms with Crippen molar-refractivity contribution in [1.29, 1.82) is 0 Å². The number of rotatable bonds is 4. The van der Waals surface area contributed by atoms with Gasteiger partial charge in [0.2, 0.25) is 5.91 Å². The normalized spacial score (nSPS) is 24.9. The molecule has 2 fully saturated rings. The first-order chi connectivity index (χ1) is 12.7. The lowest BCUT2D eigenvalue weighted by Crippen LogP contribution is -2.45. The van der Waals surface area contributed by atoms with Crippen LogP contribution < -0.4 is 5.32 Å². The van der Waals surface area contributed by atoms with Gasteiger partial charge in [0.1, 0.15) is 5.76 Å². The van der Waals surface area contributed by atoms with Gasteiger partial charge in [-0.3, -0.25) is 9.59 Å². The molecule has 3 heterocycles. The molecule has 2 aromatic heterocycles. The molecule has 0 radical (unpaired) electrons. The van der Waals surface area contributed by atoms with Gasteiger partial charge in [-0.05, 0) is 30.9 Å². The van der Waals surface area contributed by atoms with Gasteiger partial charge in [0, 0.05) is 31.2 Å². The zero-order valence-electron chi connectivity index (χ0n) is 14.4. The van der Waals surface area contributed by atoms with Crippen LogP contribution in [0.1, 0.15) is 35.5 Å². The third-order valence-electron chi connectivity index (χ3n) is 5.38. The third kappa shape index (κ3) is 3.44. The third-order valence-corrected chi connectivity index (χ3v) is 5.38. The van der Waals surface area contributed by atoms with Crippen molar-refractivity contribution in [2.45, 2.75) is 31.7 Å². The Kier molecular flexibility index (Phi) is 4.64. The molecular formula is C18H21N5O3. The summed E-state index contributed by atoms with van der Waals surface area (Å²) in [4.78, 5) is 30.7. The fraction of sp³-hybridized carbons (Fsp3) is 0.500. The van der Waals surface area contributed by atoms with Gasteiger partial charge < -0.3 is 14.6 Å². The van der Waals surface area contributed by atoms with E-state index in [9.17, 15) is 9.59 Å². The topological polar surface area (TPSA) is 101 Å². The first kappa shape index (κ1) is 16.7. The van der Waals surface area contributed by atoms with Crippen molar-refractivity contribution in [3.8, 4) is 0 Å². The Morgan fingerprint density at radius 2 is 2.23 bits per heavy atom. The van der Waals surface area contributed by atoms with Gasteiger partial charge >= 0.3 is 0 Å². The Labute approximate surface area is 151 Å². The maximum absolute atomic E-state index is 12.5. The Bertz CT molecular complexity index is 764. The van der Waals surface area contributed by atoms with E-state index in [1.165, 1.54) is 6.39 Å². The van der Waals surface area contributed by atoms with Crippen LogP contribution in [0.2, 0.25) is 0 Å². The van der Waals surface area contributed by atoms with Crippen molar-refractivity contribution in [3.05, 3.63) is 42.4 Å². The minimum atomic E-state index is -0.199. The number of nitrogens with one attached hydrogen (secondary N) is 1. The highest BCUT2D eigenvalue weighted by Crippen LogP contribution is 2.36. The molecule has 3 unspecified atom stereocenters. The maximum atomic E-state index is 12.5. The predicted molar refractivity (Wildman–Crippen MR) is 90.9 cm³/mol. The van der Waals surface area contributed by atoms with E-state index in [1.807, 2.05) is 4.90 Å². The quantitative estimate of drug-likeness (QED) is 0.880. The van der Waals surface area contributed by atoms with E-state index in [-0.39, 0.29) is 30.2 Å². The van der Waals surface area contributed by atoms with Crippen LogP contribution in [0.4, 0.5) is 0 Å². The second-order valence-electron chi connectivity index (χ2n) is 6.99. The molecule has 1 N–H and O–H groups in total. The molecule has 136 valence electrons. The van der Waals surface area contributed by atoms with Gasteiger partial charge in [-0.2, -0.15) is 5.10 Å². The number of hydrogen-bond acceptors (Lipinski definition) is 6. The summed E-state index contributed by atoms with van der Waals surface area (Å²) in [5, 5.41) is 10.7. The van der Waals surface area contributed by atoms with Gasteiger partial charge in [0.25, 0.3) is 5.91 Å². The molecular weight excluding hydrogens is 334 g/mol. The van der Waals surface area contributed by atoms with E-state index < -0.39 is 0 Å². The fourth-order valence-corrected chi connectivity index (χ4v) is 4.11. The van der Waals surface area contributed by atoms with Crippen molar-refractivity contribution in [1.82, 2.24) is 25.4 Å². The maximum Gasteiger partial charge on any atom is 0.272 e. The first-order valence-corrected chi connectivity index (χ1v) is 8.94. The summed E-state index contributed by atoms with van der Waals surface area (Å²) in [6.07, 6.45) is 7.76. The molecule has 4 rings (SSSR count). The van der Waals surface area contributed by atoms with Crippen LogP contribution in [0.25, 0.3) is 0 Å². The predicted octanol–water partition coefficient (Wildman–Crippen LogP) is 1.06.